The van der Waals surface area contributed by atoms with Crippen LogP contribution in [0.15, 0.2) is 24.7 Å². The second kappa shape index (κ2) is 4.16. The van der Waals surface area contributed by atoms with Gasteiger partial charge >= 0.3 is 0 Å². The van der Waals surface area contributed by atoms with Crippen LogP contribution in [0.4, 0.5) is 5.95 Å². The van der Waals surface area contributed by atoms with Gasteiger partial charge in [0.15, 0.2) is 0 Å². The first-order chi connectivity index (χ1) is 8.34. The molecule has 0 bridgehead atoms. The van der Waals surface area contributed by atoms with E-state index in [2.05, 4.69) is 24.8 Å². The van der Waals surface area contributed by atoms with Gasteiger partial charge in [0.05, 0.1) is 6.04 Å². The van der Waals surface area contributed by atoms with E-state index in [0.717, 1.165) is 36.9 Å². The van der Waals surface area contributed by atoms with E-state index in [9.17, 15) is 0 Å². The fraction of sp³-hybridized carbons (Fsp3) is 0.417. The highest BCUT2D eigenvalue weighted by atomic mass is 15.3. The van der Waals surface area contributed by atoms with Gasteiger partial charge in [-0.15, -0.1) is 0 Å². The molecular formula is C12H15N5. The lowest BCUT2D eigenvalue weighted by atomic mass is 10.2. The molecule has 2 aromatic heterocycles. The Bertz CT molecular complexity index is 493. The normalized spacial score (nSPS) is 19.8. The molecule has 1 atom stereocenters. The van der Waals surface area contributed by atoms with E-state index in [1.807, 2.05) is 19.2 Å². The molecule has 1 saturated heterocycles. The lowest BCUT2D eigenvalue weighted by Gasteiger charge is -2.22. The Morgan fingerprint density at radius 3 is 2.82 bits per heavy atom. The lowest BCUT2D eigenvalue weighted by Crippen LogP contribution is -2.25. The molecule has 5 heteroatoms. The van der Waals surface area contributed by atoms with Gasteiger partial charge in [-0.05, 0) is 25.8 Å². The molecule has 0 amide bonds. The van der Waals surface area contributed by atoms with Crippen molar-refractivity contribution in [3.63, 3.8) is 0 Å². The standard InChI is InChI=1S/C12H15N5/c1-9-8-15-11(16-9)10-4-2-7-17(10)12-13-5-3-6-14-12/h3,5-6,8,10H,2,4,7H2,1H3,(H,15,16). The summed E-state index contributed by atoms with van der Waals surface area (Å²) in [6.45, 7) is 3.02. The summed E-state index contributed by atoms with van der Waals surface area (Å²) in [6, 6.07) is 2.12. The number of aromatic amines is 1. The summed E-state index contributed by atoms with van der Waals surface area (Å²) < 4.78 is 0. The van der Waals surface area contributed by atoms with Crippen LogP contribution in [0, 0.1) is 6.92 Å². The van der Waals surface area contributed by atoms with Gasteiger partial charge in [-0.25, -0.2) is 15.0 Å². The number of hydrogen-bond acceptors (Lipinski definition) is 4. The summed E-state index contributed by atoms with van der Waals surface area (Å²) in [6.07, 6.45) is 7.70. The number of H-pyrrole nitrogens is 1. The molecule has 1 N–H and O–H groups in total. The third-order valence-corrected chi connectivity index (χ3v) is 3.10. The SMILES string of the molecule is Cc1cnc(C2CCCN2c2ncccn2)[nH]1. The van der Waals surface area contributed by atoms with E-state index < -0.39 is 0 Å². The van der Waals surface area contributed by atoms with Gasteiger partial charge < -0.3 is 9.88 Å². The van der Waals surface area contributed by atoms with E-state index in [-0.39, 0.29) is 6.04 Å². The molecule has 1 fully saturated rings. The van der Waals surface area contributed by atoms with Crippen molar-refractivity contribution < 1.29 is 0 Å². The van der Waals surface area contributed by atoms with Crippen molar-refractivity contribution in [3.8, 4) is 0 Å². The van der Waals surface area contributed by atoms with Gasteiger partial charge in [-0.2, -0.15) is 0 Å². The minimum absolute atomic E-state index is 0.283. The maximum absolute atomic E-state index is 4.42. The molecule has 0 radical (unpaired) electrons. The molecule has 0 aliphatic carbocycles. The van der Waals surface area contributed by atoms with Crippen molar-refractivity contribution in [2.45, 2.75) is 25.8 Å². The Morgan fingerprint density at radius 2 is 2.12 bits per heavy atom. The van der Waals surface area contributed by atoms with Crippen molar-refractivity contribution in [3.05, 3.63) is 36.2 Å². The molecule has 2 aromatic rings. The van der Waals surface area contributed by atoms with Crippen LogP contribution >= 0.6 is 0 Å². The molecule has 88 valence electrons. The smallest absolute Gasteiger partial charge is 0.225 e. The second-order valence-electron chi connectivity index (χ2n) is 4.35. The van der Waals surface area contributed by atoms with Crippen molar-refractivity contribution in [2.75, 3.05) is 11.4 Å². The largest absolute Gasteiger partial charge is 0.344 e. The predicted molar refractivity (Wildman–Crippen MR) is 64.7 cm³/mol. The Hall–Kier alpha value is -1.91. The van der Waals surface area contributed by atoms with Crippen LogP contribution in [0.1, 0.15) is 30.4 Å². The van der Waals surface area contributed by atoms with Crippen molar-refractivity contribution in [1.82, 2.24) is 19.9 Å². The Morgan fingerprint density at radius 1 is 1.29 bits per heavy atom. The van der Waals surface area contributed by atoms with Crippen LogP contribution in [0.2, 0.25) is 0 Å². The van der Waals surface area contributed by atoms with E-state index >= 15 is 0 Å². The zero-order chi connectivity index (χ0) is 11.7. The maximum atomic E-state index is 4.42. The van der Waals surface area contributed by atoms with E-state index in [4.69, 9.17) is 0 Å². The Balaban J connectivity index is 1.90. The summed E-state index contributed by atoms with van der Waals surface area (Å²) in [4.78, 5) is 18.6. The number of rotatable bonds is 2. The van der Waals surface area contributed by atoms with Crippen LogP contribution in [0.5, 0.6) is 0 Å². The Kier molecular flexibility index (Phi) is 2.51. The minimum atomic E-state index is 0.283. The summed E-state index contributed by atoms with van der Waals surface area (Å²) in [5, 5.41) is 0. The summed E-state index contributed by atoms with van der Waals surface area (Å²) >= 11 is 0. The van der Waals surface area contributed by atoms with Crippen LogP contribution in [0.25, 0.3) is 0 Å². The molecule has 3 rings (SSSR count). The fourth-order valence-electron chi connectivity index (χ4n) is 2.33. The number of imidazole rings is 1. The van der Waals surface area contributed by atoms with Crippen LogP contribution in [-0.4, -0.2) is 26.5 Å². The number of aromatic nitrogens is 4. The van der Waals surface area contributed by atoms with Crippen LogP contribution < -0.4 is 4.90 Å². The average molecular weight is 229 g/mol. The van der Waals surface area contributed by atoms with Crippen molar-refractivity contribution >= 4 is 5.95 Å². The van der Waals surface area contributed by atoms with E-state index in [1.54, 1.807) is 12.4 Å². The summed E-state index contributed by atoms with van der Waals surface area (Å²) in [7, 11) is 0. The zero-order valence-electron chi connectivity index (χ0n) is 9.80. The van der Waals surface area contributed by atoms with Gasteiger partial charge in [-0.3, -0.25) is 0 Å². The highest BCUT2D eigenvalue weighted by molar-refractivity contribution is 5.34. The van der Waals surface area contributed by atoms with Crippen LogP contribution in [-0.2, 0) is 0 Å². The van der Waals surface area contributed by atoms with Gasteiger partial charge in [0.25, 0.3) is 0 Å². The van der Waals surface area contributed by atoms with Crippen molar-refractivity contribution in [1.29, 1.82) is 0 Å². The molecule has 3 heterocycles. The van der Waals surface area contributed by atoms with Crippen LogP contribution in [0.3, 0.4) is 0 Å². The summed E-state index contributed by atoms with van der Waals surface area (Å²) in [5.74, 6) is 1.82. The molecule has 17 heavy (non-hydrogen) atoms. The van der Waals surface area contributed by atoms with Gasteiger partial charge in [0, 0.05) is 30.8 Å². The van der Waals surface area contributed by atoms with E-state index in [1.165, 1.54) is 0 Å². The monoisotopic (exact) mass is 229 g/mol. The highest BCUT2D eigenvalue weighted by Crippen LogP contribution is 2.32. The molecule has 0 saturated carbocycles. The first-order valence-corrected chi connectivity index (χ1v) is 5.90. The predicted octanol–water partition coefficient (Wildman–Crippen LogP) is 1.85. The van der Waals surface area contributed by atoms with Gasteiger partial charge in [0.1, 0.15) is 5.82 Å². The number of anilines is 1. The number of nitrogens with one attached hydrogen (secondary N) is 1. The van der Waals surface area contributed by atoms with Crippen molar-refractivity contribution in [2.24, 2.45) is 0 Å². The lowest BCUT2D eigenvalue weighted by molar-refractivity contribution is 0.661. The first kappa shape index (κ1) is 10.3. The maximum Gasteiger partial charge on any atom is 0.225 e. The Labute approximate surface area is 99.9 Å². The molecular weight excluding hydrogens is 214 g/mol. The van der Waals surface area contributed by atoms with E-state index in [0.29, 0.717) is 0 Å². The summed E-state index contributed by atoms with van der Waals surface area (Å²) in [5.41, 5.74) is 1.10. The molecule has 1 aliphatic heterocycles. The van der Waals surface area contributed by atoms with Gasteiger partial charge in [-0.1, -0.05) is 0 Å². The first-order valence-electron chi connectivity index (χ1n) is 5.90. The molecule has 5 nitrogen and oxygen atoms in total. The molecule has 0 aromatic carbocycles. The second-order valence-corrected chi connectivity index (χ2v) is 4.35. The molecule has 0 spiro atoms. The molecule has 1 aliphatic rings. The van der Waals surface area contributed by atoms with Gasteiger partial charge in [0.2, 0.25) is 5.95 Å². The number of nitrogens with zero attached hydrogens (tertiary/aromatic N) is 4. The topological polar surface area (TPSA) is 57.7 Å². The fourth-order valence-corrected chi connectivity index (χ4v) is 2.33. The third-order valence-electron chi connectivity index (χ3n) is 3.10. The molecule has 1 unspecified atom stereocenters. The minimum Gasteiger partial charge on any atom is -0.344 e. The zero-order valence-corrected chi connectivity index (χ0v) is 9.80. The highest BCUT2D eigenvalue weighted by Gasteiger charge is 2.29. The quantitative estimate of drug-likeness (QED) is 0.853. The third kappa shape index (κ3) is 1.88. The number of hydrogen-bond donors (Lipinski definition) is 1. The average Bonchev–Trinajstić information content (AvgIpc) is 2.98. The number of aryl methyl sites for hydroxylation is 1.